The second-order valence-corrected chi connectivity index (χ2v) is 3.93. The molecule has 4 nitrogen and oxygen atoms in total. The Balaban J connectivity index is 2.53. The lowest BCUT2D eigenvalue weighted by molar-refractivity contribution is 0.756. The molecule has 3 N–H and O–H groups in total. The summed E-state index contributed by atoms with van der Waals surface area (Å²) < 4.78 is 14.5. The fraction of sp³-hybridized carbons (Fsp3) is 0.143. The van der Waals surface area contributed by atoms with Crippen molar-refractivity contribution in [2.75, 3.05) is 5.73 Å². The molecule has 98 valence electrons. The topological polar surface area (TPSA) is 67.6 Å². The highest BCUT2D eigenvalue weighted by molar-refractivity contribution is 5.89. The molecule has 0 radical (unpaired) electrons. The second-order valence-electron chi connectivity index (χ2n) is 3.93. The number of allylic oxidation sites excluding steroid dienone is 3. The van der Waals surface area contributed by atoms with Crippen molar-refractivity contribution >= 4 is 17.2 Å². The predicted octanol–water partition coefficient (Wildman–Crippen LogP) is 3.19. The number of aromatic nitrogens is 3. The van der Waals surface area contributed by atoms with E-state index in [1.165, 1.54) is 6.20 Å². The fourth-order valence-corrected chi connectivity index (χ4v) is 1.60. The van der Waals surface area contributed by atoms with Crippen molar-refractivity contribution in [1.82, 2.24) is 15.0 Å². The van der Waals surface area contributed by atoms with Gasteiger partial charge in [-0.1, -0.05) is 19.1 Å². The molecular weight excluding hydrogens is 243 g/mol. The average Bonchev–Trinajstić information content (AvgIpc) is 2.93. The summed E-state index contributed by atoms with van der Waals surface area (Å²) in [6, 6.07) is 4.95. The smallest absolute Gasteiger partial charge is 0.164 e. The van der Waals surface area contributed by atoms with Crippen LogP contribution in [0.15, 0.2) is 42.7 Å². The van der Waals surface area contributed by atoms with Crippen LogP contribution in [0.3, 0.4) is 0 Å². The van der Waals surface area contributed by atoms with E-state index in [0.29, 0.717) is 17.1 Å². The first kappa shape index (κ1) is 13.0. The molecule has 0 atom stereocenters. The molecule has 0 unspecified atom stereocenters. The van der Waals surface area contributed by atoms with E-state index in [9.17, 15) is 4.39 Å². The van der Waals surface area contributed by atoms with Crippen molar-refractivity contribution < 1.29 is 4.39 Å². The van der Waals surface area contributed by atoms with E-state index in [-0.39, 0.29) is 5.82 Å². The van der Waals surface area contributed by atoms with Crippen LogP contribution in [-0.4, -0.2) is 15.0 Å². The fourth-order valence-electron chi connectivity index (χ4n) is 1.60. The number of anilines is 1. The molecule has 2 heterocycles. The Morgan fingerprint density at radius 3 is 2.95 bits per heavy atom. The Hall–Kier alpha value is -2.43. The van der Waals surface area contributed by atoms with Gasteiger partial charge in [0.2, 0.25) is 0 Å². The summed E-state index contributed by atoms with van der Waals surface area (Å²) in [5.41, 5.74) is 6.32. The third-order valence-electron chi connectivity index (χ3n) is 2.51. The van der Waals surface area contributed by atoms with E-state index in [1.807, 2.05) is 13.0 Å². The van der Waals surface area contributed by atoms with Crippen LogP contribution >= 0.6 is 0 Å². The first-order valence-corrected chi connectivity index (χ1v) is 6.01. The van der Waals surface area contributed by atoms with Gasteiger partial charge in [0, 0.05) is 12.4 Å². The van der Waals surface area contributed by atoms with Crippen LogP contribution in [-0.2, 0) is 0 Å². The maximum absolute atomic E-state index is 14.5. The summed E-state index contributed by atoms with van der Waals surface area (Å²) in [5, 5.41) is 0. The van der Waals surface area contributed by atoms with Crippen LogP contribution in [0, 0.1) is 0 Å². The molecule has 0 aliphatic rings. The summed E-state index contributed by atoms with van der Waals surface area (Å²) >= 11 is 0. The number of hydrogen-bond acceptors (Lipinski definition) is 3. The van der Waals surface area contributed by atoms with Crippen molar-refractivity contribution in [3.05, 3.63) is 54.3 Å². The number of rotatable bonds is 4. The summed E-state index contributed by atoms with van der Waals surface area (Å²) in [6.45, 7) is 1.97. The van der Waals surface area contributed by atoms with Crippen LogP contribution in [0.5, 0.6) is 0 Å². The van der Waals surface area contributed by atoms with Crippen molar-refractivity contribution in [1.29, 1.82) is 0 Å². The summed E-state index contributed by atoms with van der Waals surface area (Å²) in [7, 11) is 0. The highest BCUT2D eigenvalue weighted by Crippen LogP contribution is 2.26. The highest BCUT2D eigenvalue weighted by Gasteiger charge is 2.12. The average molecular weight is 258 g/mol. The molecule has 2 aromatic heterocycles. The number of nitrogens with zero attached hydrogens (tertiary/aromatic N) is 2. The van der Waals surface area contributed by atoms with Gasteiger partial charge in [-0.25, -0.2) is 14.4 Å². The van der Waals surface area contributed by atoms with Crippen LogP contribution < -0.4 is 5.73 Å². The normalized spacial score (nSPS) is 12.7. The Bertz CT molecular complexity index is 600. The van der Waals surface area contributed by atoms with E-state index < -0.39 is 5.83 Å². The van der Waals surface area contributed by atoms with Crippen molar-refractivity contribution in [3.63, 3.8) is 0 Å². The van der Waals surface area contributed by atoms with E-state index >= 15 is 0 Å². The summed E-state index contributed by atoms with van der Waals surface area (Å²) in [4.78, 5) is 11.0. The minimum Gasteiger partial charge on any atom is -0.384 e. The van der Waals surface area contributed by atoms with Gasteiger partial charge < -0.3 is 10.7 Å². The summed E-state index contributed by atoms with van der Waals surface area (Å²) in [5.74, 6) is 0.184. The molecule has 0 bridgehead atoms. The first-order chi connectivity index (χ1) is 9.22. The minimum absolute atomic E-state index is 0.275. The Morgan fingerprint density at radius 2 is 2.32 bits per heavy atom. The van der Waals surface area contributed by atoms with Crippen molar-refractivity contribution in [3.8, 4) is 0 Å². The lowest BCUT2D eigenvalue weighted by Crippen LogP contribution is -1.98. The largest absolute Gasteiger partial charge is 0.384 e. The molecule has 2 rings (SSSR count). The SMILES string of the molecule is CC/C=C\C(=C(\F)c1ccc[nH]1)c1nccc(N)n1. The van der Waals surface area contributed by atoms with E-state index in [4.69, 9.17) is 5.73 Å². The van der Waals surface area contributed by atoms with Gasteiger partial charge >= 0.3 is 0 Å². The third kappa shape index (κ3) is 3.07. The molecule has 0 aromatic carbocycles. The van der Waals surface area contributed by atoms with Gasteiger partial charge in [-0.05, 0) is 24.6 Å². The molecule has 0 aliphatic heterocycles. The molecule has 2 aromatic rings. The lowest BCUT2D eigenvalue weighted by atomic mass is 10.1. The van der Waals surface area contributed by atoms with Crippen LogP contribution in [0.25, 0.3) is 11.4 Å². The number of nitrogens with two attached hydrogens (primary N) is 1. The maximum atomic E-state index is 14.5. The molecule has 0 spiro atoms. The number of aromatic amines is 1. The van der Waals surface area contributed by atoms with Gasteiger partial charge in [0.1, 0.15) is 5.82 Å². The zero-order chi connectivity index (χ0) is 13.7. The molecule has 0 amide bonds. The predicted molar refractivity (Wildman–Crippen MR) is 74.6 cm³/mol. The number of H-pyrrole nitrogens is 1. The van der Waals surface area contributed by atoms with E-state index in [2.05, 4.69) is 15.0 Å². The van der Waals surface area contributed by atoms with Gasteiger partial charge in [-0.3, -0.25) is 0 Å². The Kier molecular flexibility index (Phi) is 4.07. The highest BCUT2D eigenvalue weighted by atomic mass is 19.1. The number of nitrogen functional groups attached to an aromatic ring is 1. The number of hydrogen-bond donors (Lipinski definition) is 2. The number of halogens is 1. The maximum Gasteiger partial charge on any atom is 0.164 e. The molecule has 5 heteroatoms. The molecular formula is C14H15FN4. The van der Waals surface area contributed by atoms with Gasteiger partial charge in [0.25, 0.3) is 0 Å². The summed E-state index contributed by atoms with van der Waals surface area (Å²) in [6.07, 6.45) is 7.49. The van der Waals surface area contributed by atoms with Crippen LogP contribution in [0.4, 0.5) is 10.2 Å². The molecule has 0 saturated heterocycles. The standard InChI is InChI=1S/C14H15FN4/c1-2-3-5-10(13(15)11-6-4-8-17-11)14-18-9-7-12(16)19-14/h3-9,17H,2H2,1H3,(H2,16,18,19)/b5-3-,13-10-. The first-order valence-electron chi connectivity index (χ1n) is 6.01. The van der Waals surface area contributed by atoms with Gasteiger partial charge in [-0.15, -0.1) is 0 Å². The number of nitrogens with one attached hydrogen (secondary N) is 1. The molecule has 19 heavy (non-hydrogen) atoms. The monoisotopic (exact) mass is 258 g/mol. The van der Waals surface area contributed by atoms with Crippen LogP contribution in [0.1, 0.15) is 24.9 Å². The minimum atomic E-state index is -0.402. The van der Waals surface area contributed by atoms with Crippen molar-refractivity contribution in [2.24, 2.45) is 0 Å². The lowest BCUT2D eigenvalue weighted by Gasteiger charge is -2.04. The Morgan fingerprint density at radius 1 is 1.47 bits per heavy atom. The second kappa shape index (κ2) is 5.95. The van der Waals surface area contributed by atoms with Gasteiger partial charge in [0.15, 0.2) is 11.7 Å². The van der Waals surface area contributed by atoms with E-state index in [1.54, 1.807) is 30.5 Å². The van der Waals surface area contributed by atoms with Gasteiger partial charge in [0.05, 0.1) is 11.3 Å². The van der Waals surface area contributed by atoms with Crippen molar-refractivity contribution in [2.45, 2.75) is 13.3 Å². The zero-order valence-corrected chi connectivity index (χ0v) is 10.6. The quantitative estimate of drug-likeness (QED) is 0.827. The van der Waals surface area contributed by atoms with Gasteiger partial charge in [-0.2, -0.15) is 0 Å². The third-order valence-corrected chi connectivity index (χ3v) is 2.51. The molecule has 0 aliphatic carbocycles. The van der Waals surface area contributed by atoms with E-state index in [0.717, 1.165) is 6.42 Å². The zero-order valence-electron chi connectivity index (χ0n) is 10.6. The Labute approximate surface area is 110 Å². The molecule has 0 saturated carbocycles. The van der Waals surface area contributed by atoms with Crippen LogP contribution in [0.2, 0.25) is 0 Å². The molecule has 0 fully saturated rings.